The molecule has 6 nitrogen and oxygen atoms in total. The van der Waals surface area contributed by atoms with E-state index >= 15 is 0 Å². The summed E-state index contributed by atoms with van der Waals surface area (Å²) >= 11 is 3.81. The molecular formula is C7H10N2O4S. The van der Waals surface area contributed by atoms with Crippen molar-refractivity contribution in [3.63, 3.8) is 0 Å². The predicted molar refractivity (Wildman–Crippen MR) is 47.8 cm³/mol. The van der Waals surface area contributed by atoms with E-state index in [0.29, 0.717) is 6.61 Å². The van der Waals surface area contributed by atoms with Gasteiger partial charge in [0.25, 0.3) is 5.22 Å². The molecule has 1 heterocycles. The largest absolute Gasteiger partial charge is 0.464 e. The van der Waals surface area contributed by atoms with Crippen LogP contribution in [0.1, 0.15) is 12.8 Å². The maximum absolute atomic E-state index is 10.8. The summed E-state index contributed by atoms with van der Waals surface area (Å²) in [7, 11) is 0. The molecule has 0 N–H and O–H groups in total. The predicted octanol–water partition coefficient (Wildman–Crippen LogP) is 0.438. The Hall–Kier alpha value is -1.08. The van der Waals surface area contributed by atoms with Crippen LogP contribution in [0, 0.1) is 0 Å². The minimum absolute atomic E-state index is 0.0758. The monoisotopic (exact) mass is 218 g/mol. The van der Waals surface area contributed by atoms with Gasteiger partial charge in [-0.1, -0.05) is 12.6 Å². The number of esters is 1. The number of aromatic nitrogens is 2. The molecule has 14 heavy (non-hydrogen) atoms. The molecule has 0 bridgehead atoms. The third-order valence-corrected chi connectivity index (χ3v) is 1.39. The highest BCUT2D eigenvalue weighted by atomic mass is 32.1. The highest BCUT2D eigenvalue weighted by molar-refractivity contribution is 7.80. The van der Waals surface area contributed by atoms with Crippen molar-refractivity contribution in [2.45, 2.75) is 18.8 Å². The Morgan fingerprint density at radius 3 is 2.93 bits per heavy atom. The maximum atomic E-state index is 10.8. The van der Waals surface area contributed by atoms with Crippen LogP contribution >= 0.6 is 12.6 Å². The van der Waals surface area contributed by atoms with Crippen molar-refractivity contribution in [1.29, 1.82) is 0 Å². The van der Waals surface area contributed by atoms with Crippen LogP contribution in [-0.2, 0) is 20.9 Å². The molecule has 0 atom stereocenters. The van der Waals surface area contributed by atoms with Gasteiger partial charge in [0, 0.05) is 0 Å². The van der Waals surface area contributed by atoms with Crippen LogP contribution in [0.15, 0.2) is 9.64 Å². The molecule has 0 amide bonds. The van der Waals surface area contributed by atoms with E-state index in [9.17, 15) is 4.79 Å². The Balaban J connectivity index is 2.18. The molecule has 1 aromatic rings. The average molecular weight is 218 g/mol. The van der Waals surface area contributed by atoms with E-state index < -0.39 is 5.97 Å². The van der Waals surface area contributed by atoms with Gasteiger partial charge in [-0.15, -0.1) is 10.2 Å². The van der Waals surface area contributed by atoms with Crippen molar-refractivity contribution in [2.75, 3.05) is 13.2 Å². The minimum atomic E-state index is -0.418. The van der Waals surface area contributed by atoms with Gasteiger partial charge in [-0.3, -0.25) is 0 Å². The van der Waals surface area contributed by atoms with Gasteiger partial charge in [-0.2, -0.15) is 0 Å². The molecule has 0 radical (unpaired) electrons. The van der Waals surface area contributed by atoms with E-state index in [-0.39, 0.29) is 24.3 Å². The summed E-state index contributed by atoms with van der Waals surface area (Å²) in [4.78, 5) is 10.8. The molecule has 1 aromatic heterocycles. The first-order valence-corrected chi connectivity index (χ1v) is 4.41. The summed E-state index contributed by atoms with van der Waals surface area (Å²) in [5, 5.41) is 7.26. The first-order valence-electron chi connectivity index (χ1n) is 3.97. The van der Waals surface area contributed by atoms with Gasteiger partial charge in [-0.25, -0.2) is 4.79 Å². The number of hydrogen-bond acceptors (Lipinski definition) is 7. The molecular weight excluding hydrogens is 208 g/mol. The Morgan fingerprint density at radius 1 is 1.57 bits per heavy atom. The number of rotatable bonds is 5. The molecule has 0 aliphatic rings. The van der Waals surface area contributed by atoms with Crippen LogP contribution in [0.4, 0.5) is 0 Å². The van der Waals surface area contributed by atoms with E-state index in [1.807, 2.05) is 0 Å². The fourth-order valence-corrected chi connectivity index (χ4v) is 0.877. The maximum Gasteiger partial charge on any atom is 0.332 e. The second-order valence-corrected chi connectivity index (χ2v) is 2.66. The third kappa shape index (κ3) is 3.75. The zero-order valence-electron chi connectivity index (χ0n) is 7.60. The van der Waals surface area contributed by atoms with Gasteiger partial charge in [0.1, 0.15) is 13.2 Å². The lowest BCUT2D eigenvalue weighted by atomic mass is 10.6. The summed E-state index contributed by atoms with van der Waals surface area (Å²) < 4.78 is 14.5. The Bertz CT molecular complexity index is 302. The second kappa shape index (κ2) is 5.61. The zero-order valence-corrected chi connectivity index (χ0v) is 8.49. The molecule has 0 saturated carbocycles. The molecule has 0 aromatic carbocycles. The molecule has 78 valence electrons. The fourth-order valence-electron chi connectivity index (χ4n) is 0.727. The Kier molecular flexibility index (Phi) is 4.41. The van der Waals surface area contributed by atoms with E-state index in [2.05, 4.69) is 27.6 Å². The first kappa shape index (κ1) is 11.0. The molecule has 1 rings (SSSR count). The van der Waals surface area contributed by atoms with Gasteiger partial charge >= 0.3 is 5.97 Å². The quantitative estimate of drug-likeness (QED) is 0.571. The summed E-state index contributed by atoms with van der Waals surface area (Å²) in [6.45, 7) is 2.01. The Morgan fingerprint density at radius 2 is 2.36 bits per heavy atom. The lowest BCUT2D eigenvalue weighted by molar-refractivity contribution is -0.149. The summed E-state index contributed by atoms with van der Waals surface area (Å²) in [6.07, 6.45) is 0. The number of ether oxygens (including phenoxy) is 2. The summed E-state index contributed by atoms with van der Waals surface area (Å²) in [5.41, 5.74) is 0. The minimum Gasteiger partial charge on any atom is -0.464 e. The third-order valence-electron chi connectivity index (χ3n) is 1.21. The smallest absolute Gasteiger partial charge is 0.332 e. The summed E-state index contributed by atoms with van der Waals surface area (Å²) in [5.74, 6) is -0.141. The van der Waals surface area contributed by atoms with Crippen molar-refractivity contribution in [3.8, 4) is 0 Å². The van der Waals surface area contributed by atoms with Gasteiger partial charge in [-0.05, 0) is 6.92 Å². The lowest BCUT2D eigenvalue weighted by Crippen LogP contribution is -2.12. The number of carbonyl (C=O) groups is 1. The number of carbonyl (C=O) groups excluding carboxylic acids is 1. The molecule has 0 aliphatic heterocycles. The summed E-state index contributed by atoms with van der Waals surface area (Å²) in [6, 6.07) is 0. The van der Waals surface area contributed by atoms with Crippen molar-refractivity contribution in [3.05, 3.63) is 5.89 Å². The fraction of sp³-hybridized carbons (Fsp3) is 0.571. The van der Waals surface area contributed by atoms with Crippen LogP contribution in [-0.4, -0.2) is 29.4 Å². The van der Waals surface area contributed by atoms with Crippen molar-refractivity contribution in [1.82, 2.24) is 10.2 Å². The van der Waals surface area contributed by atoms with Crippen LogP contribution in [0.2, 0.25) is 0 Å². The van der Waals surface area contributed by atoms with Crippen molar-refractivity contribution in [2.24, 2.45) is 0 Å². The highest BCUT2D eigenvalue weighted by Crippen LogP contribution is 2.04. The zero-order chi connectivity index (χ0) is 10.4. The van der Waals surface area contributed by atoms with Gasteiger partial charge < -0.3 is 13.9 Å². The van der Waals surface area contributed by atoms with E-state index in [4.69, 9.17) is 9.15 Å². The molecule has 0 unspecified atom stereocenters. The standard InChI is InChI=1S/C7H10N2O4S/c1-2-12-6(10)4-11-3-5-8-9-7(14)13-5/h2-4H2,1H3,(H,9,14). The van der Waals surface area contributed by atoms with Crippen LogP contribution < -0.4 is 0 Å². The topological polar surface area (TPSA) is 74.5 Å². The number of nitrogens with zero attached hydrogens (tertiary/aromatic N) is 2. The highest BCUT2D eigenvalue weighted by Gasteiger charge is 2.05. The van der Waals surface area contributed by atoms with Crippen molar-refractivity contribution >= 4 is 18.6 Å². The lowest BCUT2D eigenvalue weighted by Gasteiger charge is -2.00. The average Bonchev–Trinajstić information content (AvgIpc) is 2.52. The van der Waals surface area contributed by atoms with E-state index in [0.717, 1.165) is 0 Å². The van der Waals surface area contributed by atoms with Crippen LogP contribution in [0.25, 0.3) is 0 Å². The van der Waals surface area contributed by atoms with Gasteiger partial charge in [0.2, 0.25) is 5.89 Å². The van der Waals surface area contributed by atoms with Gasteiger partial charge in [0.05, 0.1) is 6.61 Å². The SMILES string of the molecule is CCOC(=O)COCc1nnc(S)o1. The van der Waals surface area contributed by atoms with E-state index in [1.165, 1.54) is 0 Å². The molecule has 0 saturated heterocycles. The van der Waals surface area contributed by atoms with Crippen LogP contribution in [0.5, 0.6) is 0 Å². The van der Waals surface area contributed by atoms with Gasteiger partial charge in [0.15, 0.2) is 0 Å². The second-order valence-electron chi connectivity index (χ2n) is 2.28. The molecule has 0 spiro atoms. The van der Waals surface area contributed by atoms with Crippen molar-refractivity contribution < 1.29 is 18.7 Å². The molecule has 0 aliphatic carbocycles. The molecule has 7 heteroatoms. The normalized spacial score (nSPS) is 10.1. The van der Waals surface area contributed by atoms with E-state index in [1.54, 1.807) is 6.92 Å². The first-order chi connectivity index (χ1) is 6.72. The molecule has 0 fully saturated rings. The number of thiol groups is 1. The van der Waals surface area contributed by atoms with Crippen LogP contribution in [0.3, 0.4) is 0 Å². The Labute approximate surface area is 86.0 Å². The number of hydrogen-bond donors (Lipinski definition) is 1.